The van der Waals surface area contributed by atoms with Crippen LogP contribution in [0.1, 0.15) is 27.0 Å². The third-order valence-electron chi connectivity index (χ3n) is 5.67. The lowest BCUT2D eigenvalue weighted by Gasteiger charge is -2.36. The molecule has 4 rings (SSSR count). The summed E-state index contributed by atoms with van der Waals surface area (Å²) in [5.41, 5.74) is 0.711. The molecule has 7 nitrogen and oxygen atoms in total. The minimum atomic E-state index is -3.71. The lowest BCUT2D eigenvalue weighted by Crippen LogP contribution is -2.49. The molecule has 32 heavy (non-hydrogen) atoms. The summed E-state index contributed by atoms with van der Waals surface area (Å²) < 4.78 is 42.1. The Bertz CT molecular complexity index is 1120. The highest BCUT2D eigenvalue weighted by atomic mass is 32.2. The molecule has 2 aromatic rings. The fourth-order valence-electron chi connectivity index (χ4n) is 3.86. The van der Waals surface area contributed by atoms with Crippen LogP contribution in [0.3, 0.4) is 0 Å². The molecule has 11 heteroatoms. The summed E-state index contributed by atoms with van der Waals surface area (Å²) in [5.74, 6) is 0.522. The van der Waals surface area contributed by atoms with Gasteiger partial charge in [0.1, 0.15) is 15.6 Å². The molecule has 2 saturated heterocycles. The Kier molecular flexibility index (Phi) is 6.89. The first kappa shape index (κ1) is 23.2. The van der Waals surface area contributed by atoms with Crippen molar-refractivity contribution in [3.05, 3.63) is 45.9 Å². The number of sulfonamides is 1. The Balaban J connectivity index is 1.46. The van der Waals surface area contributed by atoms with Crippen molar-refractivity contribution in [2.45, 2.75) is 11.8 Å². The van der Waals surface area contributed by atoms with Gasteiger partial charge in [0.2, 0.25) is 10.0 Å². The van der Waals surface area contributed by atoms with Gasteiger partial charge in [-0.15, -0.1) is 11.3 Å². The first-order chi connectivity index (χ1) is 15.3. The van der Waals surface area contributed by atoms with Crippen molar-refractivity contribution in [2.24, 2.45) is 0 Å². The number of piperazine rings is 1. The van der Waals surface area contributed by atoms with Crippen LogP contribution >= 0.6 is 23.1 Å². The van der Waals surface area contributed by atoms with Gasteiger partial charge in [0.25, 0.3) is 5.91 Å². The number of thiophene rings is 1. The summed E-state index contributed by atoms with van der Waals surface area (Å²) in [6, 6.07) is 5.93. The predicted molar refractivity (Wildman–Crippen MR) is 125 cm³/mol. The molecule has 2 aliphatic rings. The van der Waals surface area contributed by atoms with E-state index in [9.17, 15) is 22.4 Å². The Hall–Kier alpha value is -1.95. The molecule has 0 unspecified atom stereocenters. The molecule has 0 N–H and O–H groups in total. The van der Waals surface area contributed by atoms with Crippen LogP contribution in [0, 0.1) is 5.82 Å². The Labute approximate surface area is 195 Å². The molecule has 172 valence electrons. The SMILES string of the molecule is CC(=O)c1ccc(N2CCN(C(=O)c3sccc3S(=O)(=O)N3CCSCC3)CC2)c(F)c1. The number of amides is 1. The number of Topliss-reactive ketones (excluding diaryl/α,β-unsaturated/α-hetero) is 1. The van der Waals surface area contributed by atoms with E-state index >= 15 is 0 Å². The molecule has 1 aromatic carbocycles. The smallest absolute Gasteiger partial charge is 0.265 e. The van der Waals surface area contributed by atoms with Crippen LogP contribution in [-0.2, 0) is 10.0 Å². The monoisotopic (exact) mass is 497 g/mol. The first-order valence-corrected chi connectivity index (χ1v) is 13.8. The lowest BCUT2D eigenvalue weighted by atomic mass is 10.1. The van der Waals surface area contributed by atoms with Crippen LogP contribution in [0.2, 0.25) is 0 Å². The number of ketones is 1. The van der Waals surface area contributed by atoms with E-state index in [2.05, 4.69) is 0 Å². The Morgan fingerprint density at radius 2 is 1.69 bits per heavy atom. The van der Waals surface area contributed by atoms with Crippen molar-refractivity contribution < 1.29 is 22.4 Å². The highest BCUT2D eigenvalue weighted by Gasteiger charge is 2.33. The summed E-state index contributed by atoms with van der Waals surface area (Å²) in [6.45, 7) is 3.82. The number of hydrogen-bond donors (Lipinski definition) is 0. The van der Waals surface area contributed by atoms with Gasteiger partial charge < -0.3 is 9.80 Å². The number of nitrogens with zero attached hydrogens (tertiary/aromatic N) is 3. The molecule has 0 spiro atoms. The fraction of sp³-hybridized carbons (Fsp3) is 0.429. The normalized spacial score (nSPS) is 18.1. The quantitative estimate of drug-likeness (QED) is 0.592. The number of thioether (sulfide) groups is 1. The fourth-order valence-corrected chi connectivity index (χ4v) is 7.80. The zero-order chi connectivity index (χ0) is 22.9. The van der Waals surface area contributed by atoms with E-state index in [0.29, 0.717) is 50.5 Å². The molecule has 0 radical (unpaired) electrons. The average molecular weight is 498 g/mol. The van der Waals surface area contributed by atoms with Gasteiger partial charge >= 0.3 is 0 Å². The second-order valence-electron chi connectivity index (χ2n) is 7.63. The number of benzene rings is 1. The highest BCUT2D eigenvalue weighted by Crippen LogP contribution is 2.29. The maximum Gasteiger partial charge on any atom is 0.265 e. The molecule has 2 fully saturated rings. The minimum Gasteiger partial charge on any atom is -0.366 e. The van der Waals surface area contributed by atoms with E-state index in [1.165, 1.54) is 23.4 Å². The van der Waals surface area contributed by atoms with Crippen molar-refractivity contribution in [2.75, 3.05) is 55.7 Å². The third kappa shape index (κ3) is 4.57. The van der Waals surface area contributed by atoms with Gasteiger partial charge in [-0.3, -0.25) is 9.59 Å². The van der Waals surface area contributed by atoms with Gasteiger partial charge in [0, 0.05) is 56.3 Å². The second kappa shape index (κ2) is 9.50. The maximum atomic E-state index is 14.5. The van der Waals surface area contributed by atoms with Crippen molar-refractivity contribution in [3.8, 4) is 0 Å². The van der Waals surface area contributed by atoms with Crippen LogP contribution < -0.4 is 4.90 Å². The van der Waals surface area contributed by atoms with Gasteiger partial charge in [-0.05, 0) is 36.6 Å². The molecular formula is C21H24FN3O4S3. The zero-order valence-electron chi connectivity index (χ0n) is 17.6. The molecule has 0 bridgehead atoms. The van der Waals surface area contributed by atoms with Gasteiger partial charge in [0.05, 0.1) is 5.69 Å². The lowest BCUT2D eigenvalue weighted by molar-refractivity contribution is 0.0747. The van der Waals surface area contributed by atoms with E-state index in [-0.39, 0.29) is 21.5 Å². The van der Waals surface area contributed by atoms with Gasteiger partial charge in [-0.25, -0.2) is 12.8 Å². The molecule has 2 aliphatic heterocycles. The molecule has 0 aliphatic carbocycles. The predicted octanol–water partition coefficient (Wildman–Crippen LogP) is 2.79. The summed E-state index contributed by atoms with van der Waals surface area (Å²) >= 11 is 2.86. The largest absolute Gasteiger partial charge is 0.366 e. The van der Waals surface area contributed by atoms with E-state index in [4.69, 9.17) is 0 Å². The van der Waals surface area contributed by atoms with E-state index in [1.54, 1.807) is 34.2 Å². The van der Waals surface area contributed by atoms with E-state index < -0.39 is 15.8 Å². The number of anilines is 1. The van der Waals surface area contributed by atoms with Crippen molar-refractivity contribution in [3.63, 3.8) is 0 Å². The zero-order valence-corrected chi connectivity index (χ0v) is 20.1. The molecule has 0 atom stereocenters. The number of carbonyl (C=O) groups is 2. The molecule has 0 saturated carbocycles. The van der Waals surface area contributed by atoms with Gasteiger partial charge in [0.15, 0.2) is 5.78 Å². The summed E-state index contributed by atoms with van der Waals surface area (Å²) in [5, 5.41) is 1.64. The van der Waals surface area contributed by atoms with Crippen LogP contribution in [0.25, 0.3) is 0 Å². The number of halogens is 1. The van der Waals surface area contributed by atoms with Crippen LogP contribution in [0.4, 0.5) is 10.1 Å². The summed E-state index contributed by atoms with van der Waals surface area (Å²) in [4.78, 5) is 28.4. The average Bonchev–Trinajstić information content (AvgIpc) is 3.30. The summed E-state index contributed by atoms with van der Waals surface area (Å²) in [7, 11) is -3.71. The molecule has 1 amide bonds. The van der Waals surface area contributed by atoms with Gasteiger partial charge in [-0.2, -0.15) is 16.1 Å². The van der Waals surface area contributed by atoms with E-state index in [0.717, 1.165) is 22.8 Å². The number of carbonyl (C=O) groups excluding carboxylic acids is 2. The number of hydrogen-bond acceptors (Lipinski definition) is 7. The standard InChI is InChI=1S/C21H24FN3O4S3/c1-15(26)16-2-3-18(17(22)14-16)23-5-7-24(8-6-23)21(27)20-19(4-11-31-20)32(28,29)25-9-12-30-13-10-25/h2-4,11,14H,5-10,12-13H2,1H3. The Morgan fingerprint density at radius 1 is 1.00 bits per heavy atom. The van der Waals surface area contributed by atoms with Gasteiger partial charge in [-0.1, -0.05) is 0 Å². The molecular weight excluding hydrogens is 473 g/mol. The van der Waals surface area contributed by atoms with Crippen molar-refractivity contribution in [1.82, 2.24) is 9.21 Å². The second-order valence-corrected chi connectivity index (χ2v) is 11.7. The van der Waals surface area contributed by atoms with Crippen molar-refractivity contribution >= 4 is 50.5 Å². The van der Waals surface area contributed by atoms with Crippen LogP contribution in [-0.4, -0.2) is 80.1 Å². The molecule has 1 aromatic heterocycles. The van der Waals surface area contributed by atoms with Crippen LogP contribution in [0.15, 0.2) is 34.5 Å². The third-order valence-corrected chi connectivity index (χ3v) is 9.59. The van der Waals surface area contributed by atoms with Crippen LogP contribution in [0.5, 0.6) is 0 Å². The molecule has 3 heterocycles. The number of rotatable bonds is 5. The maximum absolute atomic E-state index is 14.5. The first-order valence-electron chi connectivity index (χ1n) is 10.3. The van der Waals surface area contributed by atoms with E-state index in [1.807, 2.05) is 4.90 Å². The Morgan fingerprint density at radius 3 is 2.31 bits per heavy atom. The summed E-state index contributed by atoms with van der Waals surface area (Å²) in [6.07, 6.45) is 0. The topological polar surface area (TPSA) is 78.0 Å². The van der Waals surface area contributed by atoms with Crippen molar-refractivity contribution in [1.29, 1.82) is 0 Å². The highest BCUT2D eigenvalue weighted by molar-refractivity contribution is 7.99. The minimum absolute atomic E-state index is 0.0766.